The number of likely N-dealkylation sites (N-methyl/N-ethyl adjacent to an activating group) is 1. The van der Waals surface area contributed by atoms with Gasteiger partial charge in [0.1, 0.15) is 0 Å². The Balaban J connectivity index is 2.55. The summed E-state index contributed by atoms with van der Waals surface area (Å²) in [6.45, 7) is 3.76. The first-order valence-electron chi connectivity index (χ1n) is 4.66. The molecule has 2 amide bonds. The van der Waals surface area contributed by atoms with Crippen LogP contribution in [0.1, 0.15) is 6.92 Å². The lowest BCUT2D eigenvalue weighted by Crippen LogP contribution is -2.53. The van der Waals surface area contributed by atoms with Crippen LogP contribution in [0.15, 0.2) is 0 Å². The van der Waals surface area contributed by atoms with Gasteiger partial charge < -0.3 is 9.80 Å². The maximum atomic E-state index is 11.5. The van der Waals surface area contributed by atoms with Gasteiger partial charge in [-0.3, -0.25) is 9.59 Å². The van der Waals surface area contributed by atoms with Crippen molar-refractivity contribution in [2.75, 3.05) is 32.6 Å². The molecule has 0 radical (unpaired) electrons. The minimum Gasteiger partial charge on any atom is -0.336 e. The number of carbonyl (C=O) groups is 2. The van der Waals surface area contributed by atoms with Gasteiger partial charge in [-0.1, -0.05) is 6.92 Å². The first kappa shape index (κ1) is 11.3. The average Bonchev–Trinajstić information content (AvgIpc) is 2.19. The van der Waals surface area contributed by atoms with Crippen LogP contribution in [-0.4, -0.2) is 54.2 Å². The zero-order valence-electron chi connectivity index (χ0n) is 8.49. The number of alkyl halides is 1. The predicted molar refractivity (Wildman–Crippen MR) is 54.1 cm³/mol. The molecule has 1 aliphatic rings. The third-order valence-corrected chi connectivity index (χ3v) is 2.84. The Morgan fingerprint density at radius 3 is 2.57 bits per heavy atom. The molecule has 80 valence electrons. The third kappa shape index (κ3) is 2.38. The topological polar surface area (TPSA) is 40.6 Å². The Kier molecular flexibility index (Phi) is 3.75. The Morgan fingerprint density at radius 2 is 2.00 bits per heavy atom. The summed E-state index contributed by atoms with van der Waals surface area (Å²) in [5, 5.41) is 0. The van der Waals surface area contributed by atoms with Crippen molar-refractivity contribution in [3.8, 4) is 0 Å². The molecule has 0 aromatic rings. The highest BCUT2D eigenvalue weighted by Gasteiger charge is 2.30. The van der Waals surface area contributed by atoms with E-state index in [1.807, 2.05) is 6.92 Å². The molecular formula is C9H15ClN2O2. The maximum absolute atomic E-state index is 11.5. The Labute approximate surface area is 88.8 Å². The summed E-state index contributed by atoms with van der Waals surface area (Å²) in [6.07, 6.45) is 0. The number of carbonyl (C=O) groups excluding carboxylic acids is 2. The molecule has 0 bridgehead atoms. The summed E-state index contributed by atoms with van der Waals surface area (Å²) in [6, 6.07) is 0. The summed E-state index contributed by atoms with van der Waals surface area (Å²) < 4.78 is 0. The number of halogens is 1. The summed E-state index contributed by atoms with van der Waals surface area (Å²) in [5.74, 6) is -0.0843. The Hall–Kier alpha value is -0.770. The highest BCUT2D eigenvalue weighted by molar-refractivity contribution is 6.35. The number of hydrogen-bond acceptors (Lipinski definition) is 2. The molecule has 1 fully saturated rings. The maximum Gasteiger partial charge on any atom is 0.312 e. The summed E-state index contributed by atoms with van der Waals surface area (Å²) >= 11 is 5.65. The molecule has 5 heteroatoms. The zero-order valence-corrected chi connectivity index (χ0v) is 9.25. The van der Waals surface area contributed by atoms with E-state index in [2.05, 4.69) is 0 Å². The van der Waals surface area contributed by atoms with E-state index in [0.29, 0.717) is 25.5 Å². The van der Waals surface area contributed by atoms with Gasteiger partial charge in [-0.05, 0) is 5.92 Å². The van der Waals surface area contributed by atoms with E-state index in [0.717, 1.165) is 0 Å². The SMILES string of the molecule is CC(CCl)CN1CCN(C)C(=O)C1=O. The number of rotatable bonds is 3. The summed E-state index contributed by atoms with van der Waals surface area (Å²) in [7, 11) is 1.64. The molecule has 0 aromatic carbocycles. The van der Waals surface area contributed by atoms with E-state index in [9.17, 15) is 9.59 Å². The van der Waals surface area contributed by atoms with Crippen molar-refractivity contribution in [2.24, 2.45) is 5.92 Å². The lowest BCUT2D eigenvalue weighted by molar-refractivity contribution is -0.155. The molecule has 0 N–H and O–H groups in total. The fourth-order valence-corrected chi connectivity index (χ4v) is 1.47. The molecule has 1 heterocycles. The molecule has 0 aromatic heterocycles. The van der Waals surface area contributed by atoms with E-state index >= 15 is 0 Å². The lowest BCUT2D eigenvalue weighted by Gasteiger charge is -2.32. The van der Waals surface area contributed by atoms with Crippen LogP contribution in [0, 0.1) is 5.92 Å². The predicted octanol–water partition coefficient (Wildman–Crippen LogP) is 0.162. The molecular weight excluding hydrogens is 204 g/mol. The van der Waals surface area contributed by atoms with E-state index in [-0.39, 0.29) is 5.92 Å². The molecule has 0 spiro atoms. The van der Waals surface area contributed by atoms with Gasteiger partial charge in [-0.15, -0.1) is 11.6 Å². The van der Waals surface area contributed by atoms with Gasteiger partial charge in [0.25, 0.3) is 0 Å². The molecule has 4 nitrogen and oxygen atoms in total. The fraction of sp³-hybridized carbons (Fsp3) is 0.778. The molecule has 1 atom stereocenters. The number of piperazine rings is 1. The first-order chi connectivity index (χ1) is 6.56. The van der Waals surface area contributed by atoms with Crippen molar-refractivity contribution in [3.63, 3.8) is 0 Å². The third-order valence-electron chi connectivity index (χ3n) is 2.32. The van der Waals surface area contributed by atoms with Gasteiger partial charge in [-0.2, -0.15) is 0 Å². The molecule has 1 aliphatic heterocycles. The van der Waals surface area contributed by atoms with Crippen molar-refractivity contribution in [1.29, 1.82) is 0 Å². The lowest BCUT2D eigenvalue weighted by atomic mass is 10.2. The van der Waals surface area contributed by atoms with Crippen LogP contribution in [-0.2, 0) is 9.59 Å². The van der Waals surface area contributed by atoms with Gasteiger partial charge in [-0.25, -0.2) is 0 Å². The average molecular weight is 219 g/mol. The van der Waals surface area contributed by atoms with Crippen LogP contribution >= 0.6 is 11.6 Å². The number of hydrogen-bond donors (Lipinski definition) is 0. The minimum absolute atomic E-state index is 0.233. The first-order valence-corrected chi connectivity index (χ1v) is 5.20. The molecule has 1 saturated heterocycles. The van der Waals surface area contributed by atoms with Crippen molar-refractivity contribution in [2.45, 2.75) is 6.92 Å². The van der Waals surface area contributed by atoms with Gasteiger partial charge in [0.15, 0.2) is 0 Å². The smallest absolute Gasteiger partial charge is 0.312 e. The molecule has 14 heavy (non-hydrogen) atoms. The quantitative estimate of drug-likeness (QED) is 0.500. The van der Waals surface area contributed by atoms with Crippen LogP contribution in [0.5, 0.6) is 0 Å². The van der Waals surface area contributed by atoms with Crippen molar-refractivity contribution < 1.29 is 9.59 Å². The van der Waals surface area contributed by atoms with Crippen molar-refractivity contribution in [1.82, 2.24) is 9.80 Å². The fourth-order valence-electron chi connectivity index (χ4n) is 1.37. The van der Waals surface area contributed by atoms with Gasteiger partial charge in [0, 0.05) is 32.6 Å². The highest BCUT2D eigenvalue weighted by Crippen LogP contribution is 2.07. The standard InChI is InChI=1S/C9H15ClN2O2/c1-7(5-10)6-12-4-3-11(2)8(13)9(12)14/h7H,3-6H2,1-2H3. The second-order valence-corrected chi connectivity index (χ2v) is 4.05. The second-order valence-electron chi connectivity index (χ2n) is 3.74. The van der Waals surface area contributed by atoms with Crippen LogP contribution < -0.4 is 0 Å². The molecule has 1 rings (SSSR count). The van der Waals surface area contributed by atoms with Crippen LogP contribution in [0.2, 0.25) is 0 Å². The molecule has 0 saturated carbocycles. The second kappa shape index (κ2) is 4.64. The molecule has 0 aliphatic carbocycles. The van der Waals surface area contributed by atoms with E-state index in [1.54, 1.807) is 11.9 Å². The Bertz CT molecular complexity index is 245. The summed E-state index contributed by atoms with van der Waals surface area (Å²) in [4.78, 5) is 25.8. The van der Waals surface area contributed by atoms with Gasteiger partial charge in [0.05, 0.1) is 0 Å². The zero-order chi connectivity index (χ0) is 10.7. The normalized spacial score (nSPS) is 20.2. The van der Waals surface area contributed by atoms with Crippen LogP contribution in [0.4, 0.5) is 0 Å². The van der Waals surface area contributed by atoms with E-state index in [4.69, 9.17) is 11.6 Å². The van der Waals surface area contributed by atoms with Crippen LogP contribution in [0.3, 0.4) is 0 Å². The summed E-state index contributed by atoms with van der Waals surface area (Å²) in [5.41, 5.74) is 0. The Morgan fingerprint density at radius 1 is 1.36 bits per heavy atom. The minimum atomic E-state index is -0.418. The monoisotopic (exact) mass is 218 g/mol. The van der Waals surface area contributed by atoms with Gasteiger partial charge >= 0.3 is 11.8 Å². The number of nitrogens with zero attached hydrogens (tertiary/aromatic N) is 2. The number of amides is 2. The van der Waals surface area contributed by atoms with Crippen molar-refractivity contribution in [3.05, 3.63) is 0 Å². The van der Waals surface area contributed by atoms with E-state index < -0.39 is 11.8 Å². The van der Waals surface area contributed by atoms with Crippen LogP contribution in [0.25, 0.3) is 0 Å². The largest absolute Gasteiger partial charge is 0.336 e. The van der Waals surface area contributed by atoms with E-state index in [1.165, 1.54) is 4.90 Å². The van der Waals surface area contributed by atoms with Gasteiger partial charge in [0.2, 0.25) is 0 Å². The van der Waals surface area contributed by atoms with Crippen molar-refractivity contribution >= 4 is 23.4 Å². The molecule has 1 unspecified atom stereocenters. The highest BCUT2D eigenvalue weighted by atomic mass is 35.5.